The van der Waals surface area contributed by atoms with E-state index in [0.29, 0.717) is 5.37 Å². The molecule has 0 aromatic carbocycles. The van der Waals surface area contributed by atoms with Crippen LogP contribution in [0.3, 0.4) is 0 Å². The highest BCUT2D eigenvalue weighted by Gasteiger charge is 2.14. The van der Waals surface area contributed by atoms with Gasteiger partial charge in [0.05, 0.1) is 22.8 Å². The monoisotopic (exact) mass is 306 g/mol. The van der Waals surface area contributed by atoms with Crippen LogP contribution in [0.1, 0.15) is 34.6 Å². The van der Waals surface area contributed by atoms with Gasteiger partial charge in [-0.25, -0.2) is 0 Å². The molecular weight excluding hydrogens is 276 g/mol. The smallest absolute Gasteiger partial charge is 0.0741 e. The summed E-state index contributed by atoms with van der Waals surface area (Å²) in [6.07, 6.45) is 2.14. The largest absolute Gasteiger partial charge is 0.379 e. The van der Waals surface area contributed by atoms with Gasteiger partial charge in [0, 0.05) is 31.6 Å². The highest BCUT2D eigenvalue weighted by atomic mass is 32.2. The Morgan fingerprint density at radius 1 is 1.32 bits per heavy atom. The second kappa shape index (κ2) is 13.2. The van der Waals surface area contributed by atoms with Gasteiger partial charge in [-0.15, -0.1) is 11.8 Å². The molecule has 0 bridgehead atoms. The van der Waals surface area contributed by atoms with Gasteiger partial charge in [0.15, 0.2) is 0 Å². The van der Waals surface area contributed by atoms with Crippen LogP contribution >= 0.6 is 23.5 Å². The Bertz CT molecular complexity index is 231. The molecule has 1 saturated heterocycles. The summed E-state index contributed by atoms with van der Waals surface area (Å²) < 4.78 is 6.75. The van der Waals surface area contributed by atoms with Crippen LogP contribution in [0, 0.1) is 0 Å². The Hall–Kier alpha value is 0.160. The molecule has 5 heteroatoms. The van der Waals surface area contributed by atoms with Gasteiger partial charge in [-0.05, 0) is 6.92 Å². The summed E-state index contributed by atoms with van der Waals surface area (Å²) in [5, 5.41) is 3.86. The van der Waals surface area contributed by atoms with Gasteiger partial charge in [0.1, 0.15) is 0 Å². The van der Waals surface area contributed by atoms with Gasteiger partial charge in [-0.1, -0.05) is 39.5 Å². The number of hydrogen-bond donors (Lipinski definition) is 1. The summed E-state index contributed by atoms with van der Waals surface area (Å²) in [7, 11) is 0. The Morgan fingerprint density at radius 3 is 2.47 bits per heavy atom. The number of ether oxygens (including phenoxy) is 1. The molecule has 0 radical (unpaired) electrons. The van der Waals surface area contributed by atoms with E-state index in [1.165, 1.54) is 16.5 Å². The fraction of sp³-hybridized carbons (Fsp3) is 0.857. The van der Waals surface area contributed by atoms with Crippen molar-refractivity contribution in [3.63, 3.8) is 0 Å². The number of rotatable bonds is 4. The fourth-order valence-corrected chi connectivity index (χ4v) is 3.88. The minimum absolute atomic E-state index is 0.552. The van der Waals surface area contributed by atoms with Crippen molar-refractivity contribution in [3.05, 3.63) is 10.4 Å². The number of nitrogens with one attached hydrogen (secondary N) is 1. The third-order valence-electron chi connectivity index (χ3n) is 2.48. The van der Waals surface area contributed by atoms with E-state index in [1.807, 2.05) is 51.2 Å². The SMILES string of the molecule is CC.CC.CC1NC=C(SCCN2CCOCC2)S1. The van der Waals surface area contributed by atoms with Crippen LogP contribution in [-0.2, 0) is 4.74 Å². The molecule has 2 heterocycles. The van der Waals surface area contributed by atoms with Gasteiger partial charge in [-0.2, -0.15) is 0 Å². The van der Waals surface area contributed by atoms with Crippen LogP contribution < -0.4 is 5.32 Å². The average Bonchev–Trinajstić information content (AvgIpc) is 2.90. The Morgan fingerprint density at radius 2 is 1.95 bits per heavy atom. The minimum atomic E-state index is 0.552. The van der Waals surface area contributed by atoms with Crippen LogP contribution in [0.4, 0.5) is 0 Å². The third kappa shape index (κ3) is 8.84. The summed E-state index contributed by atoms with van der Waals surface area (Å²) >= 11 is 3.88. The number of thioether (sulfide) groups is 2. The Kier molecular flexibility index (Phi) is 13.3. The quantitative estimate of drug-likeness (QED) is 0.856. The predicted octanol–water partition coefficient (Wildman–Crippen LogP) is 3.59. The molecule has 1 atom stereocenters. The van der Waals surface area contributed by atoms with Gasteiger partial charge in [0.2, 0.25) is 0 Å². The molecule has 2 aliphatic heterocycles. The summed E-state index contributed by atoms with van der Waals surface area (Å²) in [5.74, 6) is 1.19. The second-order valence-electron chi connectivity index (χ2n) is 3.69. The topological polar surface area (TPSA) is 24.5 Å². The van der Waals surface area contributed by atoms with Gasteiger partial charge in [-0.3, -0.25) is 4.90 Å². The van der Waals surface area contributed by atoms with Crippen LogP contribution in [0.5, 0.6) is 0 Å². The molecule has 0 aromatic heterocycles. The lowest BCUT2D eigenvalue weighted by Gasteiger charge is -2.26. The van der Waals surface area contributed by atoms with Crippen molar-refractivity contribution in [2.24, 2.45) is 0 Å². The lowest BCUT2D eigenvalue weighted by atomic mass is 10.4. The zero-order valence-electron chi connectivity index (χ0n) is 13.1. The van der Waals surface area contributed by atoms with E-state index >= 15 is 0 Å². The molecule has 0 saturated carbocycles. The van der Waals surface area contributed by atoms with Crippen LogP contribution in [-0.4, -0.2) is 48.9 Å². The zero-order valence-corrected chi connectivity index (χ0v) is 14.7. The van der Waals surface area contributed by atoms with Crippen LogP contribution in [0.25, 0.3) is 0 Å². The van der Waals surface area contributed by atoms with E-state index in [4.69, 9.17) is 4.74 Å². The minimum Gasteiger partial charge on any atom is -0.379 e. The first-order valence-electron chi connectivity index (χ1n) is 7.40. The average molecular weight is 307 g/mol. The van der Waals surface area contributed by atoms with Crippen LogP contribution in [0.15, 0.2) is 10.4 Å². The lowest BCUT2D eigenvalue weighted by Crippen LogP contribution is -2.37. The fourth-order valence-electron chi connectivity index (χ4n) is 1.60. The summed E-state index contributed by atoms with van der Waals surface area (Å²) in [5.41, 5.74) is 0. The zero-order chi connectivity index (χ0) is 14.5. The molecule has 1 N–H and O–H groups in total. The lowest BCUT2D eigenvalue weighted by molar-refractivity contribution is 0.0410. The van der Waals surface area contributed by atoms with Gasteiger partial charge in [0.25, 0.3) is 0 Å². The van der Waals surface area contributed by atoms with E-state index in [2.05, 4.69) is 23.3 Å². The Balaban J connectivity index is 0.000000741. The molecule has 19 heavy (non-hydrogen) atoms. The molecule has 0 amide bonds. The molecule has 2 aliphatic rings. The molecule has 3 nitrogen and oxygen atoms in total. The highest BCUT2D eigenvalue weighted by Crippen LogP contribution is 2.34. The van der Waals surface area contributed by atoms with E-state index in [0.717, 1.165) is 26.3 Å². The first-order valence-corrected chi connectivity index (χ1v) is 9.27. The van der Waals surface area contributed by atoms with Crippen molar-refractivity contribution in [2.45, 2.75) is 40.0 Å². The van der Waals surface area contributed by atoms with Crippen molar-refractivity contribution in [2.75, 3.05) is 38.6 Å². The third-order valence-corrected chi connectivity index (χ3v) is 4.76. The highest BCUT2D eigenvalue weighted by molar-refractivity contribution is 8.22. The maximum absolute atomic E-state index is 5.32. The van der Waals surface area contributed by atoms with Crippen molar-refractivity contribution < 1.29 is 4.74 Å². The van der Waals surface area contributed by atoms with E-state index in [1.54, 1.807) is 0 Å². The Labute approximate surface area is 127 Å². The summed E-state index contributed by atoms with van der Waals surface area (Å²) in [4.78, 5) is 2.48. The summed E-state index contributed by atoms with van der Waals surface area (Å²) in [6, 6.07) is 0. The molecule has 2 rings (SSSR count). The molecule has 1 fully saturated rings. The number of nitrogens with zero attached hydrogens (tertiary/aromatic N) is 1. The van der Waals surface area contributed by atoms with Crippen molar-refractivity contribution in [3.8, 4) is 0 Å². The van der Waals surface area contributed by atoms with E-state index in [-0.39, 0.29) is 0 Å². The van der Waals surface area contributed by atoms with E-state index < -0.39 is 0 Å². The first-order chi connectivity index (χ1) is 9.34. The van der Waals surface area contributed by atoms with Crippen LogP contribution in [0.2, 0.25) is 0 Å². The molecule has 114 valence electrons. The number of hydrogen-bond acceptors (Lipinski definition) is 5. The van der Waals surface area contributed by atoms with Gasteiger partial charge < -0.3 is 10.1 Å². The second-order valence-corrected chi connectivity index (χ2v) is 6.47. The maximum Gasteiger partial charge on any atom is 0.0741 e. The maximum atomic E-state index is 5.32. The standard InChI is InChI=1S/C10H18N2OS2.2C2H6/c1-9-11-8-10(15-9)14-7-4-12-2-5-13-6-3-12;2*1-2/h8-9,11H,2-7H2,1H3;2*1-2H3. The molecule has 0 aliphatic carbocycles. The summed E-state index contributed by atoms with van der Waals surface area (Å²) in [6.45, 7) is 15.4. The van der Waals surface area contributed by atoms with E-state index in [9.17, 15) is 0 Å². The number of morpholine rings is 1. The molecular formula is C14H30N2OS2. The van der Waals surface area contributed by atoms with Crippen molar-refractivity contribution in [1.29, 1.82) is 0 Å². The molecule has 0 spiro atoms. The first kappa shape index (κ1) is 19.2. The molecule has 1 unspecified atom stereocenters. The van der Waals surface area contributed by atoms with Gasteiger partial charge >= 0.3 is 0 Å². The van der Waals surface area contributed by atoms with Crippen molar-refractivity contribution >= 4 is 23.5 Å². The normalized spacial score (nSPS) is 22.4. The van der Waals surface area contributed by atoms with Crippen molar-refractivity contribution in [1.82, 2.24) is 10.2 Å². The molecule has 0 aromatic rings. The predicted molar refractivity (Wildman–Crippen MR) is 90.7 cm³/mol.